The summed E-state index contributed by atoms with van der Waals surface area (Å²) in [5.41, 5.74) is 5.87. The predicted molar refractivity (Wildman–Crippen MR) is 138 cm³/mol. The first-order valence-corrected chi connectivity index (χ1v) is 12.2. The Morgan fingerprint density at radius 3 is 2.63 bits per heavy atom. The number of anilines is 2. The lowest BCUT2D eigenvalue weighted by atomic mass is 10.00. The molecule has 9 heteroatoms. The second kappa shape index (κ2) is 7.90. The first kappa shape index (κ1) is 21.8. The molecule has 3 aromatic heterocycles. The van der Waals surface area contributed by atoms with Gasteiger partial charge in [-0.2, -0.15) is 5.10 Å². The third-order valence-electron chi connectivity index (χ3n) is 6.82. The van der Waals surface area contributed by atoms with Crippen LogP contribution in [0.4, 0.5) is 11.6 Å². The van der Waals surface area contributed by atoms with E-state index in [1.165, 1.54) is 12.8 Å². The lowest BCUT2D eigenvalue weighted by Gasteiger charge is -2.22. The number of methoxy groups -OCH3 is 1. The smallest absolute Gasteiger partial charge is 0.141 e. The van der Waals surface area contributed by atoms with E-state index in [0.29, 0.717) is 5.92 Å². The topological polar surface area (TPSA) is 105 Å². The van der Waals surface area contributed by atoms with Crippen molar-refractivity contribution in [1.82, 2.24) is 19.9 Å². The van der Waals surface area contributed by atoms with Crippen LogP contribution >= 0.6 is 0 Å². The van der Waals surface area contributed by atoms with Crippen molar-refractivity contribution in [2.24, 2.45) is 4.99 Å². The Hall–Kier alpha value is -3.75. The molecule has 1 aromatic carbocycles. The zero-order valence-corrected chi connectivity index (χ0v) is 21.0. The van der Waals surface area contributed by atoms with Crippen LogP contribution in [0.2, 0.25) is 0 Å². The van der Waals surface area contributed by atoms with Gasteiger partial charge in [0, 0.05) is 34.5 Å². The summed E-state index contributed by atoms with van der Waals surface area (Å²) in [4.78, 5) is 8.50. The summed E-state index contributed by atoms with van der Waals surface area (Å²) < 4.78 is 13.3. The fourth-order valence-corrected chi connectivity index (χ4v) is 5.00. The molecule has 0 bridgehead atoms. The zero-order valence-electron chi connectivity index (χ0n) is 21.0. The Labute approximate surface area is 203 Å². The van der Waals surface area contributed by atoms with Crippen LogP contribution in [0.25, 0.3) is 22.0 Å². The number of hydrogen-bond donors (Lipinski definition) is 3. The molecule has 1 atom stereocenters. The molecule has 0 spiro atoms. The van der Waals surface area contributed by atoms with Crippen LogP contribution in [0.3, 0.4) is 0 Å². The highest BCUT2D eigenvalue weighted by atomic mass is 16.5. The van der Waals surface area contributed by atoms with Crippen molar-refractivity contribution in [2.45, 2.75) is 65.6 Å². The number of rotatable bonds is 5. The lowest BCUT2D eigenvalue weighted by Crippen LogP contribution is -2.28. The number of ether oxygens (including phenoxy) is 1. The highest BCUT2D eigenvalue weighted by molar-refractivity contribution is 6.20. The van der Waals surface area contributed by atoms with E-state index in [4.69, 9.17) is 19.4 Å². The van der Waals surface area contributed by atoms with Crippen LogP contribution in [0, 0.1) is 13.8 Å². The van der Waals surface area contributed by atoms with Crippen molar-refractivity contribution < 1.29 is 9.26 Å². The monoisotopic (exact) mass is 473 g/mol. The van der Waals surface area contributed by atoms with Crippen molar-refractivity contribution in [2.75, 3.05) is 17.7 Å². The number of aromatic amines is 1. The van der Waals surface area contributed by atoms with Crippen LogP contribution in [-0.4, -0.2) is 39.0 Å². The summed E-state index contributed by atoms with van der Waals surface area (Å²) in [7, 11) is 1.69. The molecule has 0 radical (unpaired) electrons. The van der Waals surface area contributed by atoms with Crippen LogP contribution in [0.1, 0.15) is 68.3 Å². The molecule has 2 aliphatic rings. The summed E-state index contributed by atoms with van der Waals surface area (Å²) in [6.45, 7) is 10.2. The standard InChI is InChI=1S/C26H31N7O2/c1-12(2)33-22(11-19(31-33)16-7-8-16)30-26-24-17-10-21(34-6)18(23-13(3)32-35-14(23)4)9-20(17)29-25(24)27-15(5)28-26/h9-12,15-16,27,29H,7-8H2,1-6H3,(H,28,30). The van der Waals surface area contributed by atoms with Gasteiger partial charge in [0.05, 0.1) is 29.6 Å². The summed E-state index contributed by atoms with van der Waals surface area (Å²) in [6.07, 6.45) is 2.35. The van der Waals surface area contributed by atoms with Gasteiger partial charge in [-0.1, -0.05) is 5.16 Å². The summed E-state index contributed by atoms with van der Waals surface area (Å²) in [5.74, 6) is 4.82. The van der Waals surface area contributed by atoms with Gasteiger partial charge in [-0.25, -0.2) is 9.67 Å². The number of fused-ring (bicyclic) bond motifs is 3. The lowest BCUT2D eigenvalue weighted by molar-refractivity contribution is 0.393. The van der Waals surface area contributed by atoms with Gasteiger partial charge in [0.15, 0.2) is 0 Å². The number of benzene rings is 1. The number of aryl methyl sites for hydroxylation is 2. The number of amidine groups is 1. The van der Waals surface area contributed by atoms with Crippen molar-refractivity contribution in [3.63, 3.8) is 0 Å². The third-order valence-corrected chi connectivity index (χ3v) is 6.82. The molecule has 1 saturated carbocycles. The second-order valence-corrected chi connectivity index (χ2v) is 9.86. The average molecular weight is 474 g/mol. The van der Waals surface area contributed by atoms with Crippen molar-refractivity contribution in [3.8, 4) is 16.9 Å². The summed E-state index contributed by atoms with van der Waals surface area (Å²) >= 11 is 0. The number of H-pyrrole nitrogens is 1. The van der Waals surface area contributed by atoms with Crippen molar-refractivity contribution in [3.05, 3.63) is 40.9 Å². The first-order chi connectivity index (χ1) is 16.8. The molecule has 3 N–H and O–H groups in total. The normalized spacial score (nSPS) is 17.5. The molecule has 1 unspecified atom stereocenters. The van der Waals surface area contributed by atoms with Gasteiger partial charge < -0.3 is 24.9 Å². The van der Waals surface area contributed by atoms with E-state index in [1.54, 1.807) is 7.11 Å². The highest BCUT2D eigenvalue weighted by Crippen LogP contribution is 2.42. The van der Waals surface area contributed by atoms with E-state index in [1.807, 2.05) is 20.8 Å². The predicted octanol–water partition coefficient (Wildman–Crippen LogP) is 5.73. The number of aromatic nitrogens is 4. The highest BCUT2D eigenvalue weighted by Gasteiger charge is 2.30. The number of aliphatic imine (C=N–C) groups is 1. The molecule has 0 amide bonds. The van der Waals surface area contributed by atoms with Gasteiger partial charge in [0.2, 0.25) is 0 Å². The molecule has 9 nitrogen and oxygen atoms in total. The molecule has 6 rings (SSSR count). The van der Waals surface area contributed by atoms with Gasteiger partial charge in [-0.3, -0.25) is 0 Å². The first-order valence-electron chi connectivity index (χ1n) is 12.2. The second-order valence-electron chi connectivity index (χ2n) is 9.86. The van der Waals surface area contributed by atoms with E-state index in [0.717, 1.165) is 68.0 Å². The quantitative estimate of drug-likeness (QED) is 0.342. The van der Waals surface area contributed by atoms with E-state index in [-0.39, 0.29) is 12.2 Å². The maximum atomic E-state index is 5.83. The number of hydrogen-bond acceptors (Lipinski definition) is 7. The minimum Gasteiger partial charge on any atom is -0.496 e. The third kappa shape index (κ3) is 3.57. The average Bonchev–Trinajstić information content (AvgIpc) is 3.36. The molecule has 35 heavy (non-hydrogen) atoms. The Kier molecular flexibility index (Phi) is 4.91. The fraction of sp³-hybridized carbons (Fsp3) is 0.423. The zero-order chi connectivity index (χ0) is 24.4. The maximum Gasteiger partial charge on any atom is 0.141 e. The van der Waals surface area contributed by atoms with E-state index < -0.39 is 0 Å². The minimum absolute atomic E-state index is 0.0830. The van der Waals surface area contributed by atoms with Gasteiger partial charge in [0.1, 0.15) is 35.1 Å². The van der Waals surface area contributed by atoms with Gasteiger partial charge in [-0.15, -0.1) is 0 Å². The summed E-state index contributed by atoms with van der Waals surface area (Å²) in [6, 6.07) is 6.59. The van der Waals surface area contributed by atoms with Crippen LogP contribution in [0.15, 0.2) is 27.7 Å². The fourth-order valence-electron chi connectivity index (χ4n) is 5.00. The Balaban J connectivity index is 1.47. The van der Waals surface area contributed by atoms with Gasteiger partial charge in [-0.05, 0) is 59.6 Å². The molecular formula is C26H31N7O2. The largest absolute Gasteiger partial charge is 0.496 e. The molecule has 0 saturated heterocycles. The molecular weight excluding hydrogens is 442 g/mol. The molecule has 4 aromatic rings. The van der Waals surface area contributed by atoms with Crippen LogP contribution < -0.4 is 15.4 Å². The van der Waals surface area contributed by atoms with Gasteiger partial charge >= 0.3 is 0 Å². The van der Waals surface area contributed by atoms with Gasteiger partial charge in [0.25, 0.3) is 0 Å². The Morgan fingerprint density at radius 1 is 1.17 bits per heavy atom. The van der Waals surface area contributed by atoms with E-state index in [9.17, 15) is 0 Å². The Bertz CT molecular complexity index is 1450. The Morgan fingerprint density at radius 2 is 1.97 bits per heavy atom. The van der Waals surface area contributed by atoms with Crippen molar-refractivity contribution in [1.29, 1.82) is 0 Å². The molecule has 4 heterocycles. The maximum absolute atomic E-state index is 5.83. The molecule has 1 aliphatic heterocycles. The minimum atomic E-state index is -0.0830. The molecule has 1 fully saturated rings. The SMILES string of the molecule is COc1cc2c3c([nH]c2cc1-c1c(C)noc1C)NC(C)N=C3Nc1cc(C2CC2)nn1C(C)C. The molecule has 182 valence electrons. The van der Waals surface area contributed by atoms with Crippen LogP contribution in [-0.2, 0) is 0 Å². The number of nitrogens with zero attached hydrogens (tertiary/aromatic N) is 4. The van der Waals surface area contributed by atoms with Crippen molar-refractivity contribution >= 4 is 28.4 Å². The van der Waals surface area contributed by atoms with Crippen LogP contribution in [0.5, 0.6) is 5.75 Å². The molecule has 1 aliphatic carbocycles. The van der Waals surface area contributed by atoms with E-state index in [2.05, 4.69) is 57.5 Å². The summed E-state index contributed by atoms with van der Waals surface area (Å²) in [5, 5.41) is 17.1. The number of nitrogens with one attached hydrogen (secondary N) is 3. The van der Waals surface area contributed by atoms with E-state index >= 15 is 0 Å².